The van der Waals surface area contributed by atoms with Crippen molar-refractivity contribution in [1.29, 1.82) is 0 Å². The molecule has 0 bridgehead atoms. The maximum Gasteiger partial charge on any atom is 0.254 e. The summed E-state index contributed by atoms with van der Waals surface area (Å²) < 4.78 is 1.86. The van der Waals surface area contributed by atoms with E-state index in [1.807, 2.05) is 33.9 Å². The van der Waals surface area contributed by atoms with Crippen LogP contribution in [-0.2, 0) is 11.3 Å². The topological polar surface area (TPSA) is 67.2 Å². The van der Waals surface area contributed by atoms with Crippen LogP contribution in [0, 0.1) is 5.92 Å². The maximum absolute atomic E-state index is 13.0. The van der Waals surface area contributed by atoms with E-state index in [2.05, 4.69) is 24.1 Å². The number of carbonyl (C=O) groups excluding carboxylic acids is 2. The summed E-state index contributed by atoms with van der Waals surface area (Å²) >= 11 is 0. The van der Waals surface area contributed by atoms with Crippen LogP contribution in [0.3, 0.4) is 0 Å². The number of nitrogens with zero attached hydrogens (tertiary/aromatic N) is 3. The summed E-state index contributed by atoms with van der Waals surface area (Å²) in [6, 6.07) is 7.63. The van der Waals surface area contributed by atoms with Crippen LogP contribution < -0.4 is 5.32 Å². The minimum absolute atomic E-state index is 0.0627. The summed E-state index contributed by atoms with van der Waals surface area (Å²) in [5.41, 5.74) is 1.30. The zero-order valence-electron chi connectivity index (χ0n) is 16.1. The molecule has 0 aliphatic heterocycles. The number of aromatic nitrogens is 2. The largest absolute Gasteiger partial charge is 0.337 e. The third-order valence-corrected chi connectivity index (χ3v) is 4.75. The van der Waals surface area contributed by atoms with E-state index in [1.165, 1.54) is 0 Å². The summed E-state index contributed by atoms with van der Waals surface area (Å²) in [6.07, 6.45) is 8.76. The Kier molecular flexibility index (Phi) is 6.27. The van der Waals surface area contributed by atoms with Gasteiger partial charge in [0, 0.05) is 49.2 Å². The molecule has 0 spiro atoms. The molecule has 27 heavy (non-hydrogen) atoms. The number of hydrogen-bond acceptors (Lipinski definition) is 3. The van der Waals surface area contributed by atoms with E-state index in [9.17, 15) is 9.59 Å². The number of rotatable bonds is 9. The van der Waals surface area contributed by atoms with Crippen LogP contribution >= 0.6 is 0 Å². The van der Waals surface area contributed by atoms with Gasteiger partial charge in [-0.25, -0.2) is 4.98 Å². The van der Waals surface area contributed by atoms with Gasteiger partial charge in [0.05, 0.1) is 6.33 Å². The molecule has 1 N–H and O–H groups in total. The van der Waals surface area contributed by atoms with Crippen molar-refractivity contribution < 1.29 is 9.59 Å². The number of hydrogen-bond donors (Lipinski definition) is 1. The fraction of sp³-hybridized carbons (Fsp3) is 0.476. The van der Waals surface area contributed by atoms with Crippen LogP contribution in [0.25, 0.3) is 0 Å². The number of aryl methyl sites for hydroxylation is 1. The van der Waals surface area contributed by atoms with E-state index >= 15 is 0 Å². The molecule has 144 valence electrons. The van der Waals surface area contributed by atoms with Gasteiger partial charge in [-0.1, -0.05) is 19.9 Å². The normalized spacial score (nSPS) is 13.6. The molecule has 0 saturated heterocycles. The third-order valence-electron chi connectivity index (χ3n) is 4.75. The van der Waals surface area contributed by atoms with Crippen molar-refractivity contribution in [3.05, 3.63) is 48.5 Å². The van der Waals surface area contributed by atoms with Gasteiger partial charge in [-0.2, -0.15) is 0 Å². The minimum Gasteiger partial charge on any atom is -0.337 e. The van der Waals surface area contributed by atoms with E-state index in [0.29, 0.717) is 36.2 Å². The van der Waals surface area contributed by atoms with Gasteiger partial charge in [0.25, 0.3) is 5.91 Å². The number of anilines is 1. The number of amides is 2. The molecule has 2 aromatic rings. The van der Waals surface area contributed by atoms with Crippen molar-refractivity contribution in [2.45, 2.75) is 52.1 Å². The summed E-state index contributed by atoms with van der Waals surface area (Å²) in [4.78, 5) is 31.1. The molecule has 6 nitrogen and oxygen atoms in total. The molecule has 1 aliphatic rings. The maximum atomic E-state index is 13.0. The second-order valence-corrected chi connectivity index (χ2v) is 7.59. The molecule has 1 heterocycles. The smallest absolute Gasteiger partial charge is 0.254 e. The predicted molar refractivity (Wildman–Crippen MR) is 105 cm³/mol. The van der Waals surface area contributed by atoms with Crippen LogP contribution in [0.2, 0.25) is 0 Å². The third kappa shape index (κ3) is 5.67. The molecule has 1 fully saturated rings. The van der Waals surface area contributed by atoms with Crippen molar-refractivity contribution in [3.8, 4) is 0 Å². The zero-order chi connectivity index (χ0) is 19.2. The lowest BCUT2D eigenvalue weighted by Gasteiger charge is -2.23. The van der Waals surface area contributed by atoms with E-state index < -0.39 is 0 Å². The van der Waals surface area contributed by atoms with E-state index in [-0.39, 0.29) is 11.8 Å². The molecule has 0 unspecified atom stereocenters. The molecule has 2 amide bonds. The number of carbonyl (C=O) groups is 2. The van der Waals surface area contributed by atoms with Crippen molar-refractivity contribution in [2.75, 3.05) is 11.9 Å². The highest BCUT2D eigenvalue weighted by Crippen LogP contribution is 2.29. The first-order chi connectivity index (χ1) is 13.0. The molecule has 0 atom stereocenters. The Morgan fingerprint density at radius 1 is 1.33 bits per heavy atom. The van der Waals surface area contributed by atoms with Crippen molar-refractivity contribution in [3.63, 3.8) is 0 Å². The molecule has 6 heteroatoms. The van der Waals surface area contributed by atoms with E-state index in [4.69, 9.17) is 0 Å². The average molecular weight is 368 g/mol. The van der Waals surface area contributed by atoms with Gasteiger partial charge < -0.3 is 14.8 Å². The van der Waals surface area contributed by atoms with Gasteiger partial charge in [0.15, 0.2) is 0 Å². The van der Waals surface area contributed by atoms with Gasteiger partial charge in [0.2, 0.25) is 5.91 Å². The Balaban J connectivity index is 1.59. The van der Waals surface area contributed by atoms with Crippen molar-refractivity contribution in [1.82, 2.24) is 14.5 Å². The standard InChI is InChI=1S/C21H28N4O2/c1-16(2)8-12-25(19-6-7-19)21(27)17-4-3-5-18(14-17)23-20(26)9-11-24-13-10-22-15-24/h3-5,10,13-16,19H,6-9,11-12H2,1-2H3,(H,23,26). The molecule has 1 aromatic heterocycles. The predicted octanol–water partition coefficient (Wildman–Crippen LogP) is 3.56. The van der Waals surface area contributed by atoms with Crippen LogP contribution in [0.15, 0.2) is 43.0 Å². The Labute approximate surface area is 160 Å². The van der Waals surface area contributed by atoms with Gasteiger partial charge in [-0.05, 0) is 43.4 Å². The van der Waals surface area contributed by atoms with Crippen LogP contribution in [-0.4, -0.2) is 38.9 Å². The number of nitrogens with one attached hydrogen (secondary N) is 1. The molecule has 1 saturated carbocycles. The van der Waals surface area contributed by atoms with Crippen LogP contribution in [0.4, 0.5) is 5.69 Å². The van der Waals surface area contributed by atoms with Crippen LogP contribution in [0.5, 0.6) is 0 Å². The highest BCUT2D eigenvalue weighted by Gasteiger charge is 2.32. The first-order valence-electron chi connectivity index (χ1n) is 9.69. The molecule has 1 aliphatic carbocycles. The zero-order valence-corrected chi connectivity index (χ0v) is 16.1. The summed E-state index contributed by atoms with van der Waals surface area (Å²) in [5, 5.41) is 2.89. The van der Waals surface area contributed by atoms with Crippen LogP contribution in [0.1, 0.15) is 49.9 Å². The Morgan fingerprint density at radius 2 is 2.15 bits per heavy atom. The lowest BCUT2D eigenvalue weighted by Crippen LogP contribution is -2.34. The quantitative estimate of drug-likeness (QED) is 0.736. The van der Waals surface area contributed by atoms with Crippen molar-refractivity contribution in [2.24, 2.45) is 5.92 Å². The highest BCUT2D eigenvalue weighted by molar-refractivity contribution is 5.97. The SMILES string of the molecule is CC(C)CCN(C(=O)c1cccc(NC(=O)CCn2ccnc2)c1)C1CC1. The second-order valence-electron chi connectivity index (χ2n) is 7.59. The fourth-order valence-corrected chi connectivity index (χ4v) is 3.00. The van der Waals surface area contributed by atoms with Gasteiger partial charge in [-0.15, -0.1) is 0 Å². The second kappa shape index (κ2) is 8.84. The Morgan fingerprint density at radius 3 is 2.81 bits per heavy atom. The molecular weight excluding hydrogens is 340 g/mol. The van der Waals surface area contributed by atoms with Gasteiger partial charge >= 0.3 is 0 Å². The lowest BCUT2D eigenvalue weighted by molar-refractivity contribution is -0.116. The molecular formula is C21H28N4O2. The first-order valence-corrected chi connectivity index (χ1v) is 9.69. The Hall–Kier alpha value is -2.63. The fourth-order valence-electron chi connectivity index (χ4n) is 3.00. The minimum atomic E-state index is -0.0767. The van der Waals surface area contributed by atoms with Gasteiger partial charge in [0.1, 0.15) is 0 Å². The van der Waals surface area contributed by atoms with E-state index in [1.54, 1.807) is 18.6 Å². The molecule has 3 rings (SSSR count). The van der Waals surface area contributed by atoms with Gasteiger partial charge in [-0.3, -0.25) is 9.59 Å². The average Bonchev–Trinajstić information content (AvgIpc) is 3.34. The highest BCUT2D eigenvalue weighted by atomic mass is 16.2. The van der Waals surface area contributed by atoms with E-state index in [0.717, 1.165) is 25.8 Å². The van der Waals surface area contributed by atoms with Crippen molar-refractivity contribution >= 4 is 17.5 Å². The summed E-state index contributed by atoms with van der Waals surface area (Å²) in [5.74, 6) is 0.556. The summed E-state index contributed by atoms with van der Waals surface area (Å²) in [7, 11) is 0. The Bertz CT molecular complexity index is 766. The molecule has 0 radical (unpaired) electrons. The number of benzene rings is 1. The first kappa shape index (κ1) is 19.1. The number of imidazole rings is 1. The lowest BCUT2D eigenvalue weighted by atomic mass is 10.1. The molecule has 1 aromatic carbocycles. The monoisotopic (exact) mass is 368 g/mol. The summed E-state index contributed by atoms with van der Waals surface area (Å²) in [6.45, 7) is 5.72.